The van der Waals surface area contributed by atoms with Crippen LogP contribution in [0, 0.1) is 10.1 Å². The molecule has 148 valence electrons. The van der Waals surface area contributed by atoms with Crippen LogP contribution in [-0.2, 0) is 11.2 Å². The number of benzene rings is 1. The van der Waals surface area contributed by atoms with Gasteiger partial charge in [-0.2, -0.15) is 0 Å². The minimum absolute atomic E-state index is 0.0437. The Labute approximate surface area is 163 Å². The normalized spacial score (nSPS) is 16.0. The maximum atomic E-state index is 12.0. The molecule has 0 radical (unpaired) electrons. The number of nitrogens with one attached hydrogen (secondary N) is 2. The van der Waals surface area contributed by atoms with Gasteiger partial charge < -0.3 is 10.1 Å². The van der Waals surface area contributed by atoms with E-state index in [-0.39, 0.29) is 17.5 Å². The van der Waals surface area contributed by atoms with Crippen molar-refractivity contribution in [2.75, 3.05) is 10.6 Å². The van der Waals surface area contributed by atoms with Gasteiger partial charge in [-0.25, -0.2) is 9.78 Å². The van der Waals surface area contributed by atoms with Crippen molar-refractivity contribution >= 4 is 23.3 Å². The van der Waals surface area contributed by atoms with E-state index in [4.69, 9.17) is 4.74 Å². The number of carbonyl (C=O) groups excluding carboxylic acids is 1. The number of aromatic nitrogens is 1. The van der Waals surface area contributed by atoms with Crippen LogP contribution in [0.15, 0.2) is 36.5 Å². The molecule has 1 aliphatic carbocycles. The van der Waals surface area contributed by atoms with Crippen LogP contribution in [0.3, 0.4) is 0 Å². The van der Waals surface area contributed by atoms with Crippen LogP contribution >= 0.6 is 0 Å². The molecule has 0 fully saturated rings. The minimum atomic E-state index is -0.565. The summed E-state index contributed by atoms with van der Waals surface area (Å²) in [5.74, 6) is 0.265. The van der Waals surface area contributed by atoms with E-state index in [9.17, 15) is 14.9 Å². The summed E-state index contributed by atoms with van der Waals surface area (Å²) in [6, 6.07) is 8.59. The van der Waals surface area contributed by atoms with E-state index in [1.165, 1.54) is 12.3 Å². The Kier molecular flexibility index (Phi) is 5.48. The second kappa shape index (κ2) is 7.84. The number of ether oxygens (including phenoxy) is 1. The molecule has 8 heteroatoms. The molecule has 1 heterocycles. The Balaban J connectivity index is 1.78. The second-order valence-electron chi connectivity index (χ2n) is 7.76. The van der Waals surface area contributed by atoms with E-state index in [1.54, 1.807) is 6.07 Å². The maximum Gasteiger partial charge on any atom is 0.412 e. The number of aryl methyl sites for hydroxylation is 1. The predicted octanol–water partition coefficient (Wildman–Crippen LogP) is 4.83. The molecule has 2 N–H and O–H groups in total. The van der Waals surface area contributed by atoms with Gasteiger partial charge in [-0.1, -0.05) is 6.07 Å². The summed E-state index contributed by atoms with van der Waals surface area (Å²) in [5.41, 5.74) is 2.21. The molecule has 1 amide bonds. The molecule has 1 unspecified atom stereocenters. The summed E-state index contributed by atoms with van der Waals surface area (Å²) in [4.78, 5) is 26.9. The molecule has 0 bridgehead atoms. The highest BCUT2D eigenvalue weighted by Crippen LogP contribution is 2.35. The van der Waals surface area contributed by atoms with Crippen molar-refractivity contribution in [1.29, 1.82) is 0 Å². The van der Waals surface area contributed by atoms with Crippen molar-refractivity contribution in [2.45, 2.75) is 51.7 Å². The van der Waals surface area contributed by atoms with Crippen LogP contribution in [0.5, 0.6) is 0 Å². The van der Waals surface area contributed by atoms with Crippen LogP contribution < -0.4 is 10.6 Å². The first-order valence-corrected chi connectivity index (χ1v) is 9.22. The standard InChI is InChI=1S/C20H24N4O4/c1-20(2,3)28-19(25)22-14-9-10-15-13(12-14)6-4-7-16(15)23-18-17(24(26)27)8-5-11-21-18/h5,8-12,16H,4,6-7H2,1-3H3,(H,21,23)(H,22,25). The lowest BCUT2D eigenvalue weighted by atomic mass is 9.87. The van der Waals surface area contributed by atoms with Crippen LogP contribution in [0.2, 0.25) is 0 Å². The molecule has 0 saturated heterocycles. The molecule has 1 atom stereocenters. The number of nitro groups is 1. The third-order valence-corrected chi connectivity index (χ3v) is 4.40. The van der Waals surface area contributed by atoms with Gasteiger partial charge in [0.15, 0.2) is 0 Å². The zero-order valence-electron chi connectivity index (χ0n) is 16.2. The zero-order valence-corrected chi connectivity index (χ0v) is 16.2. The first-order chi connectivity index (χ1) is 13.2. The lowest BCUT2D eigenvalue weighted by molar-refractivity contribution is -0.384. The van der Waals surface area contributed by atoms with Gasteiger partial charge >= 0.3 is 11.8 Å². The van der Waals surface area contributed by atoms with Gasteiger partial charge in [-0.05, 0) is 69.4 Å². The number of carbonyl (C=O) groups is 1. The van der Waals surface area contributed by atoms with Gasteiger partial charge in [0.25, 0.3) is 0 Å². The highest BCUT2D eigenvalue weighted by molar-refractivity contribution is 5.85. The number of fused-ring (bicyclic) bond motifs is 1. The molecule has 0 saturated carbocycles. The summed E-state index contributed by atoms with van der Waals surface area (Å²) in [6.07, 6.45) is 3.69. The molecular weight excluding hydrogens is 360 g/mol. The highest BCUT2D eigenvalue weighted by atomic mass is 16.6. The molecule has 8 nitrogen and oxygen atoms in total. The number of nitrogens with zero attached hydrogens (tertiary/aromatic N) is 2. The van der Waals surface area contributed by atoms with Crippen molar-refractivity contribution in [3.63, 3.8) is 0 Å². The number of hydrogen-bond acceptors (Lipinski definition) is 6. The van der Waals surface area contributed by atoms with E-state index in [1.807, 2.05) is 39.0 Å². The molecule has 0 aliphatic heterocycles. The Morgan fingerprint density at radius 1 is 1.32 bits per heavy atom. The van der Waals surface area contributed by atoms with E-state index < -0.39 is 16.6 Å². The van der Waals surface area contributed by atoms with E-state index in [0.29, 0.717) is 5.69 Å². The van der Waals surface area contributed by atoms with E-state index >= 15 is 0 Å². The summed E-state index contributed by atoms with van der Waals surface area (Å²) in [7, 11) is 0. The van der Waals surface area contributed by atoms with Crippen molar-refractivity contribution < 1.29 is 14.5 Å². The SMILES string of the molecule is CC(C)(C)OC(=O)Nc1ccc2c(c1)CCCC2Nc1ncccc1[N+](=O)[O-]. The van der Waals surface area contributed by atoms with Gasteiger partial charge in [0.05, 0.1) is 11.0 Å². The third-order valence-electron chi connectivity index (χ3n) is 4.40. The molecule has 3 rings (SSSR count). The summed E-state index contributed by atoms with van der Waals surface area (Å²) in [6.45, 7) is 5.44. The molecule has 1 aromatic carbocycles. The fraction of sp³-hybridized carbons (Fsp3) is 0.400. The fourth-order valence-corrected chi connectivity index (χ4v) is 3.28. The number of pyridine rings is 1. The molecule has 2 aromatic rings. The minimum Gasteiger partial charge on any atom is -0.444 e. The molecule has 28 heavy (non-hydrogen) atoms. The van der Waals surface area contributed by atoms with E-state index in [2.05, 4.69) is 15.6 Å². The molecule has 1 aliphatic rings. The first kappa shape index (κ1) is 19.6. The number of anilines is 2. The zero-order chi connectivity index (χ0) is 20.3. The van der Waals surface area contributed by atoms with Crippen LogP contribution in [0.4, 0.5) is 22.0 Å². The summed E-state index contributed by atoms with van der Waals surface area (Å²) < 4.78 is 5.29. The van der Waals surface area contributed by atoms with Gasteiger partial charge in [0, 0.05) is 18.0 Å². The Morgan fingerprint density at radius 3 is 2.82 bits per heavy atom. The second-order valence-corrected chi connectivity index (χ2v) is 7.76. The lowest BCUT2D eigenvalue weighted by Crippen LogP contribution is -2.27. The number of rotatable bonds is 4. The van der Waals surface area contributed by atoms with Crippen molar-refractivity contribution in [3.8, 4) is 0 Å². The number of hydrogen-bond donors (Lipinski definition) is 2. The number of amides is 1. The average molecular weight is 384 g/mol. The third kappa shape index (κ3) is 4.76. The lowest BCUT2D eigenvalue weighted by Gasteiger charge is -2.27. The van der Waals surface area contributed by atoms with Crippen LogP contribution in [-0.4, -0.2) is 21.6 Å². The highest BCUT2D eigenvalue weighted by Gasteiger charge is 2.24. The van der Waals surface area contributed by atoms with Crippen LogP contribution in [0.25, 0.3) is 0 Å². The Bertz CT molecular complexity index is 892. The maximum absolute atomic E-state index is 12.0. The quantitative estimate of drug-likeness (QED) is 0.578. The smallest absolute Gasteiger partial charge is 0.412 e. The topological polar surface area (TPSA) is 106 Å². The molecular formula is C20H24N4O4. The Hall–Kier alpha value is -3.16. The summed E-state index contributed by atoms with van der Waals surface area (Å²) in [5, 5.41) is 17.2. The van der Waals surface area contributed by atoms with Gasteiger partial charge in [-0.15, -0.1) is 0 Å². The summed E-state index contributed by atoms with van der Waals surface area (Å²) >= 11 is 0. The average Bonchev–Trinajstić information content (AvgIpc) is 2.60. The van der Waals surface area contributed by atoms with Gasteiger partial charge in [-0.3, -0.25) is 15.4 Å². The van der Waals surface area contributed by atoms with Gasteiger partial charge in [0.2, 0.25) is 5.82 Å². The largest absolute Gasteiger partial charge is 0.444 e. The van der Waals surface area contributed by atoms with Crippen LogP contribution in [0.1, 0.15) is 50.8 Å². The van der Waals surface area contributed by atoms with Crippen molar-refractivity contribution in [1.82, 2.24) is 4.98 Å². The molecule has 1 aromatic heterocycles. The monoisotopic (exact) mass is 384 g/mol. The van der Waals surface area contributed by atoms with E-state index in [0.717, 1.165) is 30.4 Å². The van der Waals surface area contributed by atoms with Crippen molar-refractivity contribution in [2.24, 2.45) is 0 Å². The van der Waals surface area contributed by atoms with Gasteiger partial charge in [0.1, 0.15) is 5.60 Å². The predicted molar refractivity (Wildman–Crippen MR) is 106 cm³/mol. The first-order valence-electron chi connectivity index (χ1n) is 9.22. The van der Waals surface area contributed by atoms with Crippen molar-refractivity contribution in [3.05, 3.63) is 57.8 Å². The fourth-order valence-electron chi connectivity index (χ4n) is 3.28. The molecule has 0 spiro atoms. The Morgan fingerprint density at radius 2 is 2.11 bits per heavy atom.